The minimum absolute atomic E-state index is 0. The molecule has 1 amide bonds. The maximum absolute atomic E-state index is 11.7. The molecule has 0 spiro atoms. The first-order chi connectivity index (χ1) is 14.2. The van der Waals surface area contributed by atoms with Gasteiger partial charge in [-0.05, 0) is 30.2 Å². The number of carbonyl (C=O) groups excluding carboxylic acids is 1. The van der Waals surface area contributed by atoms with E-state index in [2.05, 4.69) is 57.7 Å². The topological polar surface area (TPSA) is 60.0 Å². The van der Waals surface area contributed by atoms with Gasteiger partial charge in [0.15, 0.2) is 5.96 Å². The second kappa shape index (κ2) is 12.5. The number of aliphatic imine (C=N–C) groups is 1. The smallest absolute Gasteiger partial charge is 0.251 e. The SMILES string of the molecule is CCNC(=NCc1ccc(C(=O)NC)cc1)N1CCN(Cc2ccccc2)CC1.I. The van der Waals surface area contributed by atoms with Gasteiger partial charge in [-0.3, -0.25) is 9.69 Å². The lowest BCUT2D eigenvalue weighted by molar-refractivity contribution is 0.0963. The van der Waals surface area contributed by atoms with Gasteiger partial charge in [0.2, 0.25) is 0 Å². The molecule has 0 atom stereocenters. The fourth-order valence-corrected chi connectivity index (χ4v) is 3.46. The molecule has 0 aliphatic carbocycles. The molecule has 2 aromatic carbocycles. The zero-order valence-electron chi connectivity index (χ0n) is 17.8. The predicted molar refractivity (Wildman–Crippen MR) is 133 cm³/mol. The van der Waals surface area contributed by atoms with E-state index >= 15 is 0 Å². The Hall–Kier alpha value is -2.13. The van der Waals surface area contributed by atoms with Crippen molar-refractivity contribution in [3.8, 4) is 0 Å². The Labute approximate surface area is 196 Å². The van der Waals surface area contributed by atoms with Crippen LogP contribution in [0, 0.1) is 0 Å². The van der Waals surface area contributed by atoms with E-state index in [0.29, 0.717) is 12.1 Å². The number of nitrogens with one attached hydrogen (secondary N) is 2. The minimum Gasteiger partial charge on any atom is -0.357 e. The van der Waals surface area contributed by atoms with Gasteiger partial charge in [0.25, 0.3) is 5.91 Å². The number of hydrogen-bond donors (Lipinski definition) is 2. The van der Waals surface area contributed by atoms with Crippen molar-refractivity contribution in [2.45, 2.75) is 20.0 Å². The molecule has 162 valence electrons. The lowest BCUT2D eigenvalue weighted by atomic mass is 10.1. The van der Waals surface area contributed by atoms with Crippen LogP contribution >= 0.6 is 24.0 Å². The molecule has 1 heterocycles. The fraction of sp³-hybridized carbons (Fsp3) is 0.391. The average molecular weight is 521 g/mol. The molecule has 0 saturated carbocycles. The van der Waals surface area contributed by atoms with Crippen LogP contribution in [-0.4, -0.2) is 61.4 Å². The second-order valence-electron chi connectivity index (χ2n) is 7.20. The van der Waals surface area contributed by atoms with Gasteiger partial charge in [0, 0.05) is 51.9 Å². The molecule has 1 aliphatic rings. The summed E-state index contributed by atoms with van der Waals surface area (Å²) in [6.07, 6.45) is 0. The van der Waals surface area contributed by atoms with Gasteiger partial charge in [-0.15, -0.1) is 24.0 Å². The van der Waals surface area contributed by atoms with E-state index in [4.69, 9.17) is 4.99 Å². The molecular weight excluding hydrogens is 489 g/mol. The summed E-state index contributed by atoms with van der Waals surface area (Å²) in [5.74, 6) is 0.893. The molecule has 1 fully saturated rings. The molecule has 3 rings (SSSR count). The molecule has 30 heavy (non-hydrogen) atoms. The Kier molecular flexibility index (Phi) is 10.1. The molecule has 1 saturated heterocycles. The molecule has 0 unspecified atom stereocenters. The summed E-state index contributed by atoms with van der Waals surface area (Å²) < 4.78 is 0. The molecule has 7 heteroatoms. The summed E-state index contributed by atoms with van der Waals surface area (Å²) in [7, 11) is 1.64. The maximum Gasteiger partial charge on any atom is 0.251 e. The van der Waals surface area contributed by atoms with Crippen LogP contribution in [-0.2, 0) is 13.1 Å². The van der Waals surface area contributed by atoms with Crippen LogP contribution in [0.25, 0.3) is 0 Å². The number of rotatable bonds is 6. The highest BCUT2D eigenvalue weighted by Gasteiger charge is 2.19. The van der Waals surface area contributed by atoms with Crippen LogP contribution in [0.4, 0.5) is 0 Å². The van der Waals surface area contributed by atoms with Crippen LogP contribution in [0.2, 0.25) is 0 Å². The van der Waals surface area contributed by atoms with Crippen LogP contribution in [0.5, 0.6) is 0 Å². The zero-order chi connectivity index (χ0) is 20.5. The third-order valence-electron chi connectivity index (χ3n) is 5.11. The number of carbonyl (C=O) groups is 1. The van der Waals surface area contributed by atoms with E-state index in [1.165, 1.54) is 5.56 Å². The predicted octanol–water partition coefficient (Wildman–Crippen LogP) is 2.95. The van der Waals surface area contributed by atoms with Crippen LogP contribution in [0.15, 0.2) is 59.6 Å². The highest BCUT2D eigenvalue weighted by atomic mass is 127. The summed E-state index contributed by atoms with van der Waals surface area (Å²) in [4.78, 5) is 21.3. The number of amides is 1. The first-order valence-electron chi connectivity index (χ1n) is 10.3. The number of nitrogens with zero attached hydrogens (tertiary/aromatic N) is 3. The van der Waals surface area contributed by atoms with E-state index in [1.807, 2.05) is 24.3 Å². The zero-order valence-corrected chi connectivity index (χ0v) is 20.1. The molecule has 2 N–H and O–H groups in total. The number of piperazine rings is 1. The highest BCUT2D eigenvalue weighted by molar-refractivity contribution is 14.0. The van der Waals surface area contributed by atoms with Crippen molar-refractivity contribution in [3.63, 3.8) is 0 Å². The number of hydrogen-bond acceptors (Lipinski definition) is 3. The highest BCUT2D eigenvalue weighted by Crippen LogP contribution is 2.10. The normalized spacial score (nSPS) is 14.7. The van der Waals surface area contributed by atoms with E-state index < -0.39 is 0 Å². The standard InChI is InChI=1S/C23H31N5O.HI/c1-3-25-23(26-17-19-9-11-21(12-10-19)22(29)24-2)28-15-13-27(14-16-28)18-20-7-5-4-6-8-20;/h4-12H,3,13-18H2,1-2H3,(H,24,29)(H,25,26);1H. The van der Waals surface area contributed by atoms with Gasteiger partial charge >= 0.3 is 0 Å². The summed E-state index contributed by atoms with van der Waals surface area (Å²) >= 11 is 0. The van der Waals surface area contributed by atoms with Crippen molar-refractivity contribution in [3.05, 3.63) is 71.3 Å². The summed E-state index contributed by atoms with van der Waals surface area (Å²) in [6, 6.07) is 18.3. The third kappa shape index (κ3) is 6.98. The van der Waals surface area contributed by atoms with Crippen molar-refractivity contribution in [1.82, 2.24) is 20.4 Å². The average Bonchev–Trinajstić information content (AvgIpc) is 2.78. The largest absolute Gasteiger partial charge is 0.357 e. The quantitative estimate of drug-likeness (QED) is 0.349. The van der Waals surface area contributed by atoms with Gasteiger partial charge in [-0.25, -0.2) is 4.99 Å². The van der Waals surface area contributed by atoms with Crippen molar-refractivity contribution in [2.75, 3.05) is 39.8 Å². The lowest BCUT2D eigenvalue weighted by Crippen LogP contribution is -2.52. The summed E-state index contributed by atoms with van der Waals surface area (Å²) in [5, 5.41) is 6.06. The molecule has 6 nitrogen and oxygen atoms in total. The number of guanidine groups is 1. The fourth-order valence-electron chi connectivity index (χ4n) is 3.46. The van der Waals surface area contributed by atoms with Gasteiger partial charge in [-0.1, -0.05) is 42.5 Å². The third-order valence-corrected chi connectivity index (χ3v) is 5.11. The van der Waals surface area contributed by atoms with Crippen molar-refractivity contribution < 1.29 is 4.79 Å². The van der Waals surface area contributed by atoms with Crippen LogP contribution < -0.4 is 10.6 Å². The first-order valence-corrected chi connectivity index (χ1v) is 10.3. The van der Waals surface area contributed by atoms with E-state index in [9.17, 15) is 4.79 Å². The van der Waals surface area contributed by atoms with Crippen LogP contribution in [0.1, 0.15) is 28.4 Å². The number of benzene rings is 2. The Morgan fingerprint density at radius 2 is 1.63 bits per heavy atom. The van der Waals surface area contributed by atoms with E-state index in [-0.39, 0.29) is 29.9 Å². The van der Waals surface area contributed by atoms with Gasteiger partial charge in [0.05, 0.1) is 6.54 Å². The monoisotopic (exact) mass is 521 g/mol. The molecule has 1 aliphatic heterocycles. The maximum atomic E-state index is 11.7. The van der Waals surface area contributed by atoms with Crippen molar-refractivity contribution in [1.29, 1.82) is 0 Å². The van der Waals surface area contributed by atoms with Crippen molar-refractivity contribution in [2.24, 2.45) is 4.99 Å². The van der Waals surface area contributed by atoms with Gasteiger partial charge in [0.1, 0.15) is 0 Å². The Balaban J connectivity index is 0.00000320. The van der Waals surface area contributed by atoms with Crippen LogP contribution in [0.3, 0.4) is 0 Å². The minimum atomic E-state index is -0.0678. The van der Waals surface area contributed by atoms with Gasteiger partial charge in [-0.2, -0.15) is 0 Å². The molecular formula is C23H32IN5O. The Morgan fingerprint density at radius 3 is 2.23 bits per heavy atom. The summed E-state index contributed by atoms with van der Waals surface area (Å²) in [5.41, 5.74) is 3.12. The molecule has 2 aromatic rings. The Morgan fingerprint density at radius 1 is 0.967 bits per heavy atom. The van der Waals surface area contributed by atoms with Gasteiger partial charge < -0.3 is 15.5 Å². The molecule has 0 bridgehead atoms. The molecule has 0 aromatic heterocycles. The second-order valence-corrected chi connectivity index (χ2v) is 7.20. The molecule has 0 radical (unpaired) electrons. The first kappa shape index (κ1) is 24.1. The van der Waals surface area contributed by atoms with Crippen molar-refractivity contribution >= 4 is 35.8 Å². The lowest BCUT2D eigenvalue weighted by Gasteiger charge is -2.36. The Bertz CT molecular complexity index is 802. The van der Waals surface area contributed by atoms with E-state index in [0.717, 1.165) is 50.8 Å². The number of halogens is 1. The van der Waals surface area contributed by atoms with E-state index in [1.54, 1.807) is 7.05 Å². The summed E-state index contributed by atoms with van der Waals surface area (Å²) in [6.45, 7) is 8.53.